The zero-order valence-electron chi connectivity index (χ0n) is 10.2. The standard InChI is InChI=1S/C11H14ClN5O2/c12-9-5-13-10(16-15-9)17-7-1-2-8(17)4-6(3-7)14-11(18)19/h5-8,14H,1-4H2,(H,18,19)/t6?,7-,8+. The van der Waals surface area contributed by atoms with Gasteiger partial charge in [0.15, 0.2) is 5.15 Å². The summed E-state index contributed by atoms with van der Waals surface area (Å²) in [7, 11) is 0. The minimum absolute atomic E-state index is 0.0199. The van der Waals surface area contributed by atoms with Gasteiger partial charge in [0, 0.05) is 18.1 Å². The molecule has 1 unspecified atom stereocenters. The van der Waals surface area contributed by atoms with E-state index in [1.165, 1.54) is 6.20 Å². The van der Waals surface area contributed by atoms with Crippen LogP contribution < -0.4 is 10.2 Å². The van der Waals surface area contributed by atoms with Crippen LogP contribution in [0.3, 0.4) is 0 Å². The Morgan fingerprint density at radius 2 is 2.05 bits per heavy atom. The topological polar surface area (TPSA) is 91.2 Å². The highest BCUT2D eigenvalue weighted by Gasteiger charge is 2.42. The van der Waals surface area contributed by atoms with Crippen LogP contribution in [-0.2, 0) is 0 Å². The number of carboxylic acid groups (broad SMARTS) is 1. The van der Waals surface area contributed by atoms with Crippen LogP contribution in [-0.4, -0.2) is 44.5 Å². The number of halogens is 1. The third kappa shape index (κ3) is 2.42. The van der Waals surface area contributed by atoms with Gasteiger partial charge in [-0.3, -0.25) is 0 Å². The molecule has 0 spiro atoms. The Kier molecular flexibility index (Phi) is 3.14. The fraction of sp³-hybridized carbons (Fsp3) is 0.636. The Labute approximate surface area is 115 Å². The third-order valence-corrected chi connectivity index (χ3v) is 3.99. The number of nitrogens with one attached hydrogen (secondary N) is 1. The molecule has 2 bridgehead atoms. The number of carbonyl (C=O) groups is 1. The highest BCUT2D eigenvalue weighted by Crippen LogP contribution is 2.37. The van der Waals surface area contributed by atoms with Crippen molar-refractivity contribution in [2.75, 3.05) is 4.90 Å². The van der Waals surface area contributed by atoms with Crippen molar-refractivity contribution in [3.05, 3.63) is 11.3 Å². The summed E-state index contributed by atoms with van der Waals surface area (Å²) in [6, 6.07) is 0.573. The van der Waals surface area contributed by atoms with Gasteiger partial charge in [0.1, 0.15) is 0 Å². The Hall–Kier alpha value is -1.63. The van der Waals surface area contributed by atoms with Gasteiger partial charge in [-0.05, 0) is 25.7 Å². The van der Waals surface area contributed by atoms with Crippen LogP contribution in [0.4, 0.5) is 10.7 Å². The molecule has 19 heavy (non-hydrogen) atoms. The predicted molar refractivity (Wildman–Crippen MR) is 68.3 cm³/mol. The van der Waals surface area contributed by atoms with Gasteiger partial charge in [-0.2, -0.15) is 0 Å². The van der Waals surface area contributed by atoms with Crippen LogP contribution in [0.1, 0.15) is 25.7 Å². The van der Waals surface area contributed by atoms with E-state index in [1.807, 2.05) is 0 Å². The Bertz CT molecular complexity index is 468. The molecule has 7 nitrogen and oxygen atoms in total. The molecule has 0 radical (unpaired) electrons. The monoisotopic (exact) mass is 283 g/mol. The van der Waals surface area contributed by atoms with Crippen molar-refractivity contribution in [3.8, 4) is 0 Å². The molecule has 3 atom stereocenters. The summed E-state index contributed by atoms with van der Waals surface area (Å²) < 4.78 is 0. The van der Waals surface area contributed by atoms with Gasteiger partial charge in [-0.15, -0.1) is 10.2 Å². The van der Waals surface area contributed by atoms with Gasteiger partial charge in [0.2, 0.25) is 5.95 Å². The van der Waals surface area contributed by atoms with Crippen LogP contribution in [0, 0.1) is 0 Å². The number of nitrogens with zero attached hydrogens (tertiary/aromatic N) is 4. The summed E-state index contributed by atoms with van der Waals surface area (Å²) in [5.41, 5.74) is 0. The minimum Gasteiger partial charge on any atom is -0.465 e. The molecule has 2 aliphatic rings. The van der Waals surface area contributed by atoms with Crippen LogP contribution in [0.25, 0.3) is 0 Å². The molecule has 2 N–H and O–H groups in total. The first-order valence-corrected chi connectivity index (χ1v) is 6.64. The molecule has 1 aromatic heterocycles. The normalized spacial score (nSPS) is 29.3. The first kappa shape index (κ1) is 12.4. The van der Waals surface area contributed by atoms with E-state index in [9.17, 15) is 4.79 Å². The number of anilines is 1. The van der Waals surface area contributed by atoms with Gasteiger partial charge in [-0.25, -0.2) is 9.78 Å². The molecule has 2 aliphatic heterocycles. The largest absolute Gasteiger partial charge is 0.465 e. The maximum absolute atomic E-state index is 10.7. The van der Waals surface area contributed by atoms with E-state index in [4.69, 9.17) is 16.7 Å². The smallest absolute Gasteiger partial charge is 0.404 e. The number of amides is 1. The first-order chi connectivity index (χ1) is 9.13. The second kappa shape index (κ2) is 4.80. The fourth-order valence-corrected chi connectivity index (χ4v) is 3.26. The fourth-order valence-electron chi connectivity index (χ4n) is 3.17. The quantitative estimate of drug-likeness (QED) is 0.850. The number of hydrogen-bond acceptors (Lipinski definition) is 5. The molecule has 1 amide bonds. The second-order valence-electron chi connectivity index (χ2n) is 4.99. The van der Waals surface area contributed by atoms with Gasteiger partial charge < -0.3 is 15.3 Å². The molecule has 1 aromatic rings. The third-order valence-electron chi connectivity index (χ3n) is 3.81. The zero-order valence-corrected chi connectivity index (χ0v) is 10.9. The Morgan fingerprint density at radius 1 is 1.37 bits per heavy atom. The molecular weight excluding hydrogens is 270 g/mol. The van der Waals surface area contributed by atoms with Crippen molar-refractivity contribution in [1.82, 2.24) is 20.5 Å². The lowest BCUT2D eigenvalue weighted by Crippen LogP contribution is -2.50. The summed E-state index contributed by atoms with van der Waals surface area (Å²) in [5.74, 6) is 0.589. The molecule has 2 saturated heterocycles. The van der Waals surface area contributed by atoms with E-state index >= 15 is 0 Å². The SMILES string of the molecule is O=C(O)NC1C[C@H]2CC[C@@H](C1)N2c1ncc(Cl)nn1. The van der Waals surface area contributed by atoms with Crippen LogP contribution in [0.2, 0.25) is 5.15 Å². The maximum atomic E-state index is 10.7. The lowest BCUT2D eigenvalue weighted by atomic mass is 9.98. The summed E-state index contributed by atoms with van der Waals surface area (Å²) in [5, 5.41) is 19.5. The van der Waals surface area contributed by atoms with Crippen LogP contribution in [0.5, 0.6) is 0 Å². The molecule has 2 fully saturated rings. The number of fused-ring (bicyclic) bond motifs is 2. The van der Waals surface area contributed by atoms with Gasteiger partial charge in [0.25, 0.3) is 0 Å². The van der Waals surface area contributed by atoms with Crippen molar-refractivity contribution in [1.29, 1.82) is 0 Å². The molecule has 8 heteroatoms. The van der Waals surface area contributed by atoms with Gasteiger partial charge in [-0.1, -0.05) is 11.6 Å². The van der Waals surface area contributed by atoms with Crippen molar-refractivity contribution in [2.24, 2.45) is 0 Å². The van der Waals surface area contributed by atoms with E-state index < -0.39 is 6.09 Å². The summed E-state index contributed by atoms with van der Waals surface area (Å²) in [6.45, 7) is 0. The lowest BCUT2D eigenvalue weighted by molar-refractivity contribution is 0.185. The highest BCUT2D eigenvalue weighted by atomic mass is 35.5. The number of piperidine rings is 1. The molecule has 102 valence electrons. The summed E-state index contributed by atoms with van der Waals surface area (Å²) >= 11 is 5.69. The van der Waals surface area contributed by atoms with E-state index in [-0.39, 0.29) is 23.3 Å². The zero-order chi connectivity index (χ0) is 13.4. The number of rotatable bonds is 2. The second-order valence-corrected chi connectivity index (χ2v) is 5.38. The Morgan fingerprint density at radius 3 is 2.58 bits per heavy atom. The van der Waals surface area contributed by atoms with Crippen LogP contribution >= 0.6 is 11.6 Å². The molecule has 0 aromatic carbocycles. The number of hydrogen-bond donors (Lipinski definition) is 2. The average molecular weight is 284 g/mol. The molecule has 3 heterocycles. The van der Waals surface area contributed by atoms with E-state index in [2.05, 4.69) is 25.4 Å². The van der Waals surface area contributed by atoms with Gasteiger partial charge in [0.05, 0.1) is 6.20 Å². The maximum Gasteiger partial charge on any atom is 0.404 e. The van der Waals surface area contributed by atoms with Crippen molar-refractivity contribution < 1.29 is 9.90 Å². The summed E-state index contributed by atoms with van der Waals surface area (Å²) in [4.78, 5) is 17.1. The van der Waals surface area contributed by atoms with Crippen molar-refractivity contribution in [3.63, 3.8) is 0 Å². The molecule has 0 aliphatic carbocycles. The summed E-state index contributed by atoms with van der Waals surface area (Å²) in [6.07, 6.45) is 4.18. The number of aromatic nitrogens is 3. The van der Waals surface area contributed by atoms with Crippen molar-refractivity contribution in [2.45, 2.75) is 43.8 Å². The highest BCUT2D eigenvalue weighted by molar-refractivity contribution is 6.29. The van der Waals surface area contributed by atoms with E-state index in [0.29, 0.717) is 5.95 Å². The molecular formula is C11H14ClN5O2. The predicted octanol–water partition coefficient (Wildman–Crippen LogP) is 1.29. The van der Waals surface area contributed by atoms with E-state index in [1.54, 1.807) is 0 Å². The van der Waals surface area contributed by atoms with Crippen molar-refractivity contribution >= 4 is 23.6 Å². The Balaban J connectivity index is 1.76. The average Bonchev–Trinajstić information content (AvgIpc) is 2.62. The minimum atomic E-state index is -0.956. The molecule has 0 saturated carbocycles. The van der Waals surface area contributed by atoms with Crippen LogP contribution in [0.15, 0.2) is 6.20 Å². The van der Waals surface area contributed by atoms with Gasteiger partial charge >= 0.3 is 6.09 Å². The first-order valence-electron chi connectivity index (χ1n) is 6.26. The molecule has 3 rings (SSSR count). The lowest BCUT2D eigenvalue weighted by Gasteiger charge is -2.38. The van der Waals surface area contributed by atoms with E-state index in [0.717, 1.165) is 25.7 Å².